The third-order valence-corrected chi connectivity index (χ3v) is 3.23. The summed E-state index contributed by atoms with van der Waals surface area (Å²) in [6.45, 7) is 4.89. The van der Waals surface area contributed by atoms with Crippen LogP contribution < -0.4 is 5.32 Å². The van der Waals surface area contributed by atoms with E-state index in [1.165, 1.54) is 0 Å². The van der Waals surface area contributed by atoms with Crippen LogP contribution in [0.25, 0.3) is 0 Å². The van der Waals surface area contributed by atoms with Gasteiger partial charge in [-0.3, -0.25) is 4.90 Å². The Balaban J connectivity index is 1.86. The Labute approximate surface area is 97.1 Å². The third-order valence-electron chi connectivity index (χ3n) is 3.23. The first-order valence-corrected chi connectivity index (χ1v) is 6.00. The minimum absolute atomic E-state index is 0.150. The smallest absolute Gasteiger partial charge is 0.0682 e. The lowest BCUT2D eigenvalue weighted by molar-refractivity contribution is 0.177. The number of likely N-dealkylation sites (tertiary alicyclic amines) is 1. The molecule has 0 saturated carbocycles. The van der Waals surface area contributed by atoms with E-state index in [1.807, 2.05) is 18.2 Å². The van der Waals surface area contributed by atoms with E-state index in [0.717, 1.165) is 31.7 Å². The van der Waals surface area contributed by atoms with E-state index < -0.39 is 0 Å². The molecule has 2 atom stereocenters. The summed E-state index contributed by atoms with van der Waals surface area (Å²) < 4.78 is 0. The summed E-state index contributed by atoms with van der Waals surface area (Å²) in [7, 11) is 0. The van der Waals surface area contributed by atoms with Gasteiger partial charge < -0.3 is 10.4 Å². The maximum absolute atomic E-state index is 9.63. The number of benzene rings is 1. The van der Waals surface area contributed by atoms with Crippen LogP contribution in [-0.2, 0) is 0 Å². The average molecular weight is 220 g/mol. The molecule has 16 heavy (non-hydrogen) atoms. The molecule has 88 valence electrons. The van der Waals surface area contributed by atoms with Crippen molar-refractivity contribution in [2.24, 2.45) is 0 Å². The van der Waals surface area contributed by atoms with Crippen molar-refractivity contribution in [2.45, 2.75) is 25.5 Å². The minimum atomic E-state index is -0.150. The van der Waals surface area contributed by atoms with Gasteiger partial charge in [0.15, 0.2) is 0 Å². The summed E-state index contributed by atoms with van der Waals surface area (Å²) in [5, 5.41) is 13.0. The van der Waals surface area contributed by atoms with E-state index in [4.69, 9.17) is 0 Å². The monoisotopic (exact) mass is 220 g/mol. The molecule has 0 radical (unpaired) electrons. The largest absolute Gasteiger partial charge is 0.392 e. The predicted molar refractivity (Wildman–Crippen MR) is 66.6 cm³/mol. The van der Waals surface area contributed by atoms with Crippen LogP contribution in [0.15, 0.2) is 30.3 Å². The number of β-amino-alcohol motifs (C(OH)–C–C–N with tert-alkyl or cyclic N) is 1. The molecule has 1 saturated heterocycles. The molecule has 0 spiro atoms. The number of para-hydroxylation sites is 1. The molecule has 1 aliphatic heterocycles. The van der Waals surface area contributed by atoms with Gasteiger partial charge in [-0.25, -0.2) is 0 Å². The Bertz CT molecular complexity index is 315. The zero-order valence-electron chi connectivity index (χ0n) is 9.76. The Morgan fingerprint density at radius 3 is 2.81 bits per heavy atom. The predicted octanol–water partition coefficient (Wildman–Crippen LogP) is 1.55. The van der Waals surface area contributed by atoms with Crippen molar-refractivity contribution in [3.63, 3.8) is 0 Å². The normalized spacial score (nSPS) is 25.9. The molecule has 1 aliphatic rings. The van der Waals surface area contributed by atoms with Crippen molar-refractivity contribution in [3.05, 3.63) is 30.3 Å². The van der Waals surface area contributed by atoms with Crippen molar-refractivity contribution >= 4 is 5.69 Å². The van der Waals surface area contributed by atoms with Crippen LogP contribution in [-0.4, -0.2) is 41.8 Å². The van der Waals surface area contributed by atoms with Gasteiger partial charge in [0.1, 0.15) is 0 Å². The first-order valence-electron chi connectivity index (χ1n) is 6.00. The van der Waals surface area contributed by atoms with Crippen LogP contribution in [0, 0.1) is 0 Å². The second kappa shape index (κ2) is 5.32. The number of hydrogen-bond acceptors (Lipinski definition) is 3. The lowest BCUT2D eigenvalue weighted by atomic mass is 10.2. The highest BCUT2D eigenvalue weighted by molar-refractivity contribution is 5.42. The molecule has 0 aromatic heterocycles. The van der Waals surface area contributed by atoms with Gasteiger partial charge in [-0.2, -0.15) is 0 Å². The molecule has 2 N–H and O–H groups in total. The van der Waals surface area contributed by atoms with E-state index in [9.17, 15) is 5.11 Å². The number of aliphatic hydroxyl groups is 1. The molecule has 0 amide bonds. The molecule has 1 aromatic carbocycles. The second-order valence-corrected chi connectivity index (χ2v) is 4.38. The molecule has 2 rings (SSSR count). The van der Waals surface area contributed by atoms with Gasteiger partial charge in [0.05, 0.1) is 6.10 Å². The van der Waals surface area contributed by atoms with Crippen molar-refractivity contribution in [1.29, 1.82) is 0 Å². The number of aliphatic hydroxyl groups excluding tert-OH is 1. The summed E-state index contributed by atoms with van der Waals surface area (Å²) in [4.78, 5) is 2.33. The van der Waals surface area contributed by atoms with E-state index >= 15 is 0 Å². The van der Waals surface area contributed by atoms with Gasteiger partial charge in [-0.1, -0.05) is 25.1 Å². The Morgan fingerprint density at radius 2 is 2.12 bits per heavy atom. The molecule has 0 unspecified atom stereocenters. The van der Waals surface area contributed by atoms with E-state index in [0.29, 0.717) is 6.04 Å². The van der Waals surface area contributed by atoms with E-state index in [2.05, 4.69) is 29.3 Å². The first kappa shape index (κ1) is 11.4. The van der Waals surface area contributed by atoms with Crippen molar-refractivity contribution in [2.75, 3.05) is 25.0 Å². The minimum Gasteiger partial charge on any atom is -0.392 e. The fourth-order valence-electron chi connectivity index (χ4n) is 2.35. The van der Waals surface area contributed by atoms with Gasteiger partial charge in [-0.05, 0) is 25.1 Å². The molecule has 1 heterocycles. The van der Waals surface area contributed by atoms with Crippen LogP contribution in [0.2, 0.25) is 0 Å². The first-order chi connectivity index (χ1) is 7.79. The quantitative estimate of drug-likeness (QED) is 0.808. The van der Waals surface area contributed by atoms with Crippen molar-refractivity contribution in [1.82, 2.24) is 4.90 Å². The maximum atomic E-state index is 9.63. The number of rotatable bonds is 4. The SMILES string of the molecule is CCN1C[C@@H](O)C[C@H]1CNc1ccccc1. The summed E-state index contributed by atoms with van der Waals surface area (Å²) in [5.41, 5.74) is 1.15. The zero-order valence-corrected chi connectivity index (χ0v) is 9.76. The summed E-state index contributed by atoms with van der Waals surface area (Å²) >= 11 is 0. The second-order valence-electron chi connectivity index (χ2n) is 4.38. The molecular weight excluding hydrogens is 200 g/mol. The summed E-state index contributed by atoms with van der Waals surface area (Å²) in [6, 6.07) is 10.7. The Kier molecular flexibility index (Phi) is 3.80. The van der Waals surface area contributed by atoms with Crippen LogP contribution in [0.4, 0.5) is 5.69 Å². The molecule has 3 heteroatoms. The van der Waals surface area contributed by atoms with Crippen molar-refractivity contribution in [3.8, 4) is 0 Å². The van der Waals surface area contributed by atoms with Gasteiger partial charge in [-0.15, -0.1) is 0 Å². The van der Waals surface area contributed by atoms with Crippen molar-refractivity contribution < 1.29 is 5.11 Å². The molecular formula is C13H20N2O. The highest BCUT2D eigenvalue weighted by atomic mass is 16.3. The van der Waals surface area contributed by atoms with Crippen LogP contribution in [0.3, 0.4) is 0 Å². The number of nitrogens with one attached hydrogen (secondary N) is 1. The van der Waals surface area contributed by atoms with Gasteiger partial charge >= 0.3 is 0 Å². The highest BCUT2D eigenvalue weighted by Gasteiger charge is 2.29. The number of likely N-dealkylation sites (N-methyl/N-ethyl adjacent to an activating group) is 1. The standard InChI is InChI=1S/C13H20N2O/c1-2-15-10-13(16)8-12(15)9-14-11-6-4-3-5-7-11/h3-7,12-14,16H,2,8-10H2,1H3/t12-,13-/m0/s1. The lowest BCUT2D eigenvalue weighted by Gasteiger charge is -2.22. The zero-order chi connectivity index (χ0) is 11.4. The van der Waals surface area contributed by atoms with Crippen LogP contribution in [0.5, 0.6) is 0 Å². The van der Waals surface area contributed by atoms with E-state index in [-0.39, 0.29) is 6.10 Å². The molecule has 1 aromatic rings. The van der Waals surface area contributed by atoms with Gasteiger partial charge in [0.25, 0.3) is 0 Å². The van der Waals surface area contributed by atoms with Crippen LogP contribution >= 0.6 is 0 Å². The van der Waals surface area contributed by atoms with Crippen LogP contribution in [0.1, 0.15) is 13.3 Å². The number of nitrogens with zero attached hydrogens (tertiary/aromatic N) is 1. The third kappa shape index (κ3) is 2.74. The highest BCUT2D eigenvalue weighted by Crippen LogP contribution is 2.18. The average Bonchev–Trinajstić information content (AvgIpc) is 2.68. The number of anilines is 1. The Hall–Kier alpha value is -1.06. The summed E-state index contributed by atoms with van der Waals surface area (Å²) in [5.74, 6) is 0. The number of hydrogen-bond donors (Lipinski definition) is 2. The molecule has 0 bridgehead atoms. The topological polar surface area (TPSA) is 35.5 Å². The van der Waals surface area contributed by atoms with Gasteiger partial charge in [0, 0.05) is 24.8 Å². The van der Waals surface area contributed by atoms with E-state index in [1.54, 1.807) is 0 Å². The summed E-state index contributed by atoms with van der Waals surface area (Å²) in [6.07, 6.45) is 0.732. The lowest BCUT2D eigenvalue weighted by Crippen LogP contribution is -2.34. The van der Waals surface area contributed by atoms with Gasteiger partial charge in [0.2, 0.25) is 0 Å². The fraction of sp³-hybridized carbons (Fsp3) is 0.538. The fourth-order valence-corrected chi connectivity index (χ4v) is 2.35. The molecule has 3 nitrogen and oxygen atoms in total. The Morgan fingerprint density at radius 1 is 1.38 bits per heavy atom. The molecule has 1 fully saturated rings. The molecule has 0 aliphatic carbocycles. The maximum Gasteiger partial charge on any atom is 0.0682 e.